The van der Waals surface area contributed by atoms with Crippen molar-refractivity contribution in [3.05, 3.63) is 64.7 Å². The molecule has 1 aliphatic rings. The number of benzene rings is 2. The van der Waals surface area contributed by atoms with Gasteiger partial charge in [0.2, 0.25) is 5.91 Å². The number of allylic oxidation sites excluding steroid dienone is 1. The molecule has 1 aliphatic carbocycles. The van der Waals surface area contributed by atoms with E-state index in [0.717, 1.165) is 35.6 Å². The van der Waals surface area contributed by atoms with E-state index in [1.54, 1.807) is 24.3 Å². The molecule has 3 rings (SSSR count). The van der Waals surface area contributed by atoms with Crippen molar-refractivity contribution in [2.45, 2.75) is 37.5 Å². The average molecular weight is 463 g/mol. The van der Waals surface area contributed by atoms with Crippen molar-refractivity contribution in [2.75, 3.05) is 24.5 Å². The minimum atomic E-state index is -3.99. The number of nitrogens with zero attached hydrogens (tertiary/aromatic N) is 1. The number of halogens is 1. The van der Waals surface area contributed by atoms with Crippen LogP contribution in [0.25, 0.3) is 0 Å². The van der Waals surface area contributed by atoms with E-state index in [4.69, 9.17) is 16.3 Å². The SMILES string of the molecule is COc1ccc(N(CC(=O)NCC2=CCCCC2)S(=O)(=O)c2ccc(C)cc2)cc1Cl. The Bertz CT molecular complexity index is 1070. The molecule has 31 heavy (non-hydrogen) atoms. The molecule has 166 valence electrons. The van der Waals surface area contributed by atoms with Crippen LogP contribution in [0, 0.1) is 6.92 Å². The first-order valence-electron chi connectivity index (χ1n) is 10.2. The highest BCUT2D eigenvalue weighted by Gasteiger charge is 2.28. The molecule has 8 heteroatoms. The third-order valence-electron chi connectivity index (χ3n) is 5.22. The average Bonchev–Trinajstić information content (AvgIpc) is 2.77. The van der Waals surface area contributed by atoms with E-state index in [1.807, 2.05) is 6.92 Å². The molecule has 2 aromatic rings. The molecule has 0 spiro atoms. The van der Waals surface area contributed by atoms with Gasteiger partial charge in [-0.15, -0.1) is 0 Å². The standard InChI is InChI=1S/C23H27ClN2O4S/c1-17-8-11-20(12-9-17)31(28,29)26(19-10-13-22(30-2)21(24)14-19)16-23(27)25-15-18-6-4-3-5-7-18/h6,8-14H,3-5,7,15-16H2,1-2H3,(H,25,27). The van der Waals surface area contributed by atoms with Gasteiger partial charge in [-0.1, -0.05) is 40.9 Å². The lowest BCUT2D eigenvalue weighted by Gasteiger charge is -2.25. The summed E-state index contributed by atoms with van der Waals surface area (Å²) in [6.45, 7) is 1.96. The van der Waals surface area contributed by atoms with Gasteiger partial charge in [-0.2, -0.15) is 0 Å². The smallest absolute Gasteiger partial charge is 0.264 e. The Labute approximate surface area is 188 Å². The number of carbonyl (C=O) groups excluding carboxylic acids is 1. The topological polar surface area (TPSA) is 75.7 Å². The fourth-order valence-electron chi connectivity index (χ4n) is 3.43. The van der Waals surface area contributed by atoms with Gasteiger partial charge in [0.05, 0.1) is 22.7 Å². The second-order valence-electron chi connectivity index (χ2n) is 7.53. The van der Waals surface area contributed by atoms with Crippen molar-refractivity contribution in [3.63, 3.8) is 0 Å². The number of aryl methyl sites for hydroxylation is 1. The van der Waals surface area contributed by atoms with Crippen LogP contribution in [0.5, 0.6) is 5.75 Å². The molecule has 0 fully saturated rings. The highest BCUT2D eigenvalue weighted by Crippen LogP contribution is 2.32. The van der Waals surface area contributed by atoms with E-state index in [0.29, 0.717) is 18.0 Å². The zero-order chi connectivity index (χ0) is 22.4. The van der Waals surface area contributed by atoms with E-state index in [9.17, 15) is 13.2 Å². The molecule has 0 aromatic heterocycles. The maximum absolute atomic E-state index is 13.4. The number of hydrogen-bond donors (Lipinski definition) is 1. The second kappa shape index (κ2) is 10.2. The number of rotatable bonds is 8. The molecule has 0 heterocycles. The minimum absolute atomic E-state index is 0.104. The van der Waals surface area contributed by atoms with Gasteiger partial charge in [0, 0.05) is 6.54 Å². The van der Waals surface area contributed by atoms with Gasteiger partial charge < -0.3 is 10.1 Å². The van der Waals surface area contributed by atoms with Gasteiger partial charge in [-0.3, -0.25) is 9.10 Å². The third kappa shape index (κ3) is 5.80. The van der Waals surface area contributed by atoms with Gasteiger partial charge in [-0.05, 0) is 62.9 Å². The van der Waals surface area contributed by atoms with Crippen LogP contribution in [0.15, 0.2) is 59.0 Å². The number of ether oxygens (including phenoxy) is 1. The zero-order valence-corrected chi connectivity index (χ0v) is 19.3. The summed E-state index contributed by atoms with van der Waals surface area (Å²) in [7, 11) is -2.51. The number of methoxy groups -OCH3 is 1. The normalized spacial score (nSPS) is 14.0. The van der Waals surface area contributed by atoms with Crippen LogP contribution in [0.3, 0.4) is 0 Å². The molecule has 0 unspecified atom stereocenters. The maximum atomic E-state index is 13.4. The quantitative estimate of drug-likeness (QED) is 0.587. The molecule has 0 saturated heterocycles. The third-order valence-corrected chi connectivity index (χ3v) is 7.30. The van der Waals surface area contributed by atoms with Gasteiger partial charge in [0.25, 0.3) is 10.0 Å². The molecule has 1 N–H and O–H groups in total. The molecule has 0 atom stereocenters. The van der Waals surface area contributed by atoms with E-state index >= 15 is 0 Å². The van der Waals surface area contributed by atoms with Crippen molar-refractivity contribution in [3.8, 4) is 5.75 Å². The predicted octanol–water partition coefficient (Wildman–Crippen LogP) is 4.47. The van der Waals surface area contributed by atoms with Crippen molar-refractivity contribution >= 4 is 33.2 Å². The molecular formula is C23H27ClN2O4S. The van der Waals surface area contributed by atoms with Crippen LogP contribution in [-0.2, 0) is 14.8 Å². The van der Waals surface area contributed by atoms with Crippen molar-refractivity contribution in [2.24, 2.45) is 0 Å². The van der Waals surface area contributed by atoms with Crippen LogP contribution in [0.2, 0.25) is 5.02 Å². The van der Waals surface area contributed by atoms with Gasteiger partial charge in [0.1, 0.15) is 12.3 Å². The molecule has 2 aromatic carbocycles. The zero-order valence-electron chi connectivity index (χ0n) is 17.7. The first-order chi connectivity index (χ1) is 14.8. The number of carbonyl (C=O) groups is 1. The summed E-state index contributed by atoms with van der Waals surface area (Å²) >= 11 is 6.24. The van der Waals surface area contributed by atoms with E-state index < -0.39 is 10.0 Å². The Morgan fingerprint density at radius 1 is 1.16 bits per heavy atom. The van der Waals surface area contributed by atoms with E-state index in [2.05, 4.69) is 11.4 Å². The van der Waals surface area contributed by atoms with Gasteiger partial charge in [0.15, 0.2) is 0 Å². The Balaban J connectivity index is 1.88. The Morgan fingerprint density at radius 2 is 1.90 bits per heavy atom. The number of hydrogen-bond acceptors (Lipinski definition) is 4. The lowest BCUT2D eigenvalue weighted by Crippen LogP contribution is -2.41. The summed E-state index contributed by atoms with van der Waals surface area (Å²) in [5, 5.41) is 3.11. The molecule has 0 radical (unpaired) electrons. The monoisotopic (exact) mass is 462 g/mol. The van der Waals surface area contributed by atoms with Crippen molar-refractivity contribution in [1.82, 2.24) is 5.32 Å². The fourth-order valence-corrected chi connectivity index (χ4v) is 5.09. The molecule has 1 amide bonds. The summed E-state index contributed by atoms with van der Waals surface area (Å²) < 4.78 is 33.1. The van der Waals surface area contributed by atoms with Crippen LogP contribution in [0.1, 0.15) is 31.2 Å². The number of amides is 1. The number of anilines is 1. The first kappa shape index (κ1) is 23.2. The van der Waals surface area contributed by atoms with Crippen LogP contribution in [0.4, 0.5) is 5.69 Å². The maximum Gasteiger partial charge on any atom is 0.264 e. The minimum Gasteiger partial charge on any atom is -0.495 e. The van der Waals surface area contributed by atoms with Gasteiger partial charge >= 0.3 is 0 Å². The summed E-state index contributed by atoms with van der Waals surface area (Å²) in [5.74, 6) is 0.0425. The predicted molar refractivity (Wildman–Crippen MR) is 123 cm³/mol. The lowest BCUT2D eigenvalue weighted by molar-refractivity contribution is -0.119. The molecule has 0 bridgehead atoms. The number of nitrogens with one attached hydrogen (secondary N) is 1. The van der Waals surface area contributed by atoms with Crippen molar-refractivity contribution < 1.29 is 17.9 Å². The Morgan fingerprint density at radius 3 is 2.52 bits per heavy atom. The first-order valence-corrected chi connectivity index (χ1v) is 12.0. The Hall–Kier alpha value is -2.51. The summed E-state index contributed by atoms with van der Waals surface area (Å²) in [6.07, 6.45) is 6.40. The molecular weight excluding hydrogens is 436 g/mol. The highest BCUT2D eigenvalue weighted by atomic mass is 35.5. The van der Waals surface area contributed by atoms with Crippen LogP contribution < -0.4 is 14.4 Å². The molecule has 6 nitrogen and oxygen atoms in total. The number of sulfonamides is 1. The van der Waals surface area contributed by atoms with Crippen LogP contribution in [-0.4, -0.2) is 34.5 Å². The summed E-state index contributed by atoms with van der Waals surface area (Å²) in [5.41, 5.74) is 2.41. The molecule has 0 aliphatic heterocycles. The highest BCUT2D eigenvalue weighted by molar-refractivity contribution is 7.92. The second-order valence-corrected chi connectivity index (χ2v) is 9.80. The van der Waals surface area contributed by atoms with Gasteiger partial charge in [-0.25, -0.2) is 8.42 Å². The van der Waals surface area contributed by atoms with Crippen molar-refractivity contribution in [1.29, 1.82) is 0 Å². The lowest BCUT2D eigenvalue weighted by atomic mass is 10.00. The van der Waals surface area contributed by atoms with E-state index in [-0.39, 0.29) is 22.4 Å². The summed E-state index contributed by atoms with van der Waals surface area (Å²) in [6, 6.07) is 11.2. The van der Waals surface area contributed by atoms with E-state index in [1.165, 1.54) is 30.9 Å². The van der Waals surface area contributed by atoms with Crippen LogP contribution >= 0.6 is 11.6 Å². The fraction of sp³-hybridized carbons (Fsp3) is 0.348. The largest absolute Gasteiger partial charge is 0.495 e. The Kier molecular flexibility index (Phi) is 7.62. The summed E-state index contributed by atoms with van der Waals surface area (Å²) in [4.78, 5) is 12.8. The molecule has 0 saturated carbocycles.